The first-order valence-corrected chi connectivity index (χ1v) is 18.0. The van der Waals surface area contributed by atoms with Gasteiger partial charge in [-0.1, -0.05) is 168 Å². The molecule has 3 heteroatoms. The summed E-state index contributed by atoms with van der Waals surface area (Å²) < 4.78 is 5.98. The zero-order valence-electron chi connectivity index (χ0n) is 27.0. The lowest BCUT2D eigenvalue weighted by Gasteiger charge is -2.18. The van der Waals surface area contributed by atoms with E-state index in [1.165, 1.54) is 167 Å². The van der Waals surface area contributed by atoms with E-state index in [9.17, 15) is 4.79 Å². The molecule has 1 atom stereocenters. The Balaban J connectivity index is 3.72. The number of esters is 1. The summed E-state index contributed by atoms with van der Waals surface area (Å²) in [4.78, 5) is 12.5. The minimum atomic E-state index is 0.0554. The number of aliphatic hydroxyl groups is 1. The van der Waals surface area contributed by atoms with Crippen LogP contribution in [0.4, 0.5) is 0 Å². The van der Waals surface area contributed by atoms with Gasteiger partial charge in [-0.05, 0) is 38.5 Å². The van der Waals surface area contributed by atoms with Crippen LogP contribution in [0.15, 0.2) is 0 Å². The van der Waals surface area contributed by atoms with Gasteiger partial charge in [-0.2, -0.15) is 0 Å². The number of hydrogen-bond acceptors (Lipinski definition) is 3. The standard InChI is InChI=1S/C36H72O3/c1-3-5-7-9-10-18-21-24-28-32-35(31-27-8-6-4-2)39-36(38)33-29-25-22-19-16-14-12-11-13-15-17-20-23-26-30-34-37/h35,37H,3-34H2,1-2H3. The Morgan fingerprint density at radius 2 is 0.769 bits per heavy atom. The number of aliphatic hydroxyl groups excluding tert-OH is 1. The van der Waals surface area contributed by atoms with Crippen LogP contribution in [0.1, 0.15) is 213 Å². The number of carbonyl (C=O) groups is 1. The second-order valence-corrected chi connectivity index (χ2v) is 12.4. The molecular weight excluding hydrogens is 480 g/mol. The molecule has 0 saturated carbocycles. The summed E-state index contributed by atoms with van der Waals surface area (Å²) in [7, 11) is 0. The van der Waals surface area contributed by atoms with E-state index in [2.05, 4.69) is 13.8 Å². The molecule has 0 aromatic carbocycles. The first-order valence-electron chi connectivity index (χ1n) is 18.0. The van der Waals surface area contributed by atoms with Crippen LogP contribution < -0.4 is 0 Å². The third-order valence-corrected chi connectivity index (χ3v) is 8.35. The second kappa shape index (κ2) is 33.6. The van der Waals surface area contributed by atoms with E-state index in [4.69, 9.17) is 9.84 Å². The summed E-state index contributed by atoms with van der Waals surface area (Å²) >= 11 is 0. The Morgan fingerprint density at radius 3 is 1.15 bits per heavy atom. The Bertz CT molecular complexity index is 464. The molecule has 0 heterocycles. The van der Waals surface area contributed by atoms with Gasteiger partial charge in [0.1, 0.15) is 6.10 Å². The van der Waals surface area contributed by atoms with E-state index in [1.54, 1.807) is 0 Å². The van der Waals surface area contributed by atoms with Crippen molar-refractivity contribution in [2.24, 2.45) is 0 Å². The van der Waals surface area contributed by atoms with Crippen molar-refractivity contribution in [2.45, 2.75) is 219 Å². The lowest BCUT2D eigenvalue weighted by Crippen LogP contribution is -2.18. The largest absolute Gasteiger partial charge is 0.462 e. The molecule has 1 unspecified atom stereocenters. The van der Waals surface area contributed by atoms with E-state index in [0.717, 1.165) is 25.7 Å². The number of rotatable bonds is 33. The summed E-state index contributed by atoms with van der Waals surface area (Å²) in [6.07, 6.45) is 39.3. The first kappa shape index (κ1) is 38.4. The molecule has 0 aliphatic rings. The van der Waals surface area contributed by atoms with Crippen molar-refractivity contribution < 1.29 is 14.6 Å². The van der Waals surface area contributed by atoms with Crippen molar-refractivity contribution in [3.8, 4) is 0 Å². The quantitative estimate of drug-likeness (QED) is 0.0650. The Hall–Kier alpha value is -0.570. The first-order chi connectivity index (χ1) is 19.2. The lowest BCUT2D eigenvalue weighted by atomic mass is 10.0. The summed E-state index contributed by atoms with van der Waals surface area (Å²) in [5.74, 6) is 0.0554. The SMILES string of the molecule is CCCCCCCCCCCC(CCCCCC)OC(=O)CCCCCCCCCCCCCCCCCO. The van der Waals surface area contributed by atoms with E-state index in [1.807, 2.05) is 0 Å². The molecule has 0 aliphatic carbocycles. The maximum Gasteiger partial charge on any atom is 0.306 e. The second-order valence-electron chi connectivity index (χ2n) is 12.4. The molecule has 39 heavy (non-hydrogen) atoms. The molecular formula is C36H72O3. The molecule has 0 amide bonds. The summed E-state index contributed by atoms with van der Waals surface area (Å²) in [5, 5.41) is 8.80. The van der Waals surface area contributed by atoms with Crippen molar-refractivity contribution >= 4 is 5.97 Å². The Kier molecular flexibility index (Phi) is 33.1. The fraction of sp³-hybridized carbons (Fsp3) is 0.972. The van der Waals surface area contributed by atoms with Gasteiger partial charge in [0.15, 0.2) is 0 Å². The molecule has 0 aromatic rings. The predicted molar refractivity (Wildman–Crippen MR) is 171 cm³/mol. The predicted octanol–water partition coefficient (Wildman–Crippen LogP) is 12.0. The van der Waals surface area contributed by atoms with Crippen LogP contribution in [0, 0.1) is 0 Å². The zero-order chi connectivity index (χ0) is 28.5. The highest BCUT2D eigenvalue weighted by Gasteiger charge is 2.14. The third-order valence-electron chi connectivity index (χ3n) is 8.35. The third kappa shape index (κ3) is 31.8. The average Bonchev–Trinajstić information content (AvgIpc) is 2.94. The van der Waals surface area contributed by atoms with Crippen LogP contribution in [0.5, 0.6) is 0 Å². The Morgan fingerprint density at radius 1 is 0.462 bits per heavy atom. The minimum absolute atomic E-state index is 0.0554. The zero-order valence-corrected chi connectivity index (χ0v) is 27.0. The Labute approximate surface area is 246 Å². The fourth-order valence-corrected chi connectivity index (χ4v) is 5.67. The van der Waals surface area contributed by atoms with Crippen LogP contribution in [0.2, 0.25) is 0 Å². The van der Waals surface area contributed by atoms with Crippen molar-refractivity contribution in [1.29, 1.82) is 0 Å². The number of unbranched alkanes of at least 4 members (excludes halogenated alkanes) is 25. The van der Waals surface area contributed by atoms with Crippen LogP contribution in [0.3, 0.4) is 0 Å². The normalized spacial score (nSPS) is 12.2. The minimum Gasteiger partial charge on any atom is -0.462 e. The van der Waals surface area contributed by atoms with Crippen molar-refractivity contribution in [3.63, 3.8) is 0 Å². The number of hydrogen-bond donors (Lipinski definition) is 1. The van der Waals surface area contributed by atoms with Gasteiger partial charge in [0.25, 0.3) is 0 Å². The van der Waals surface area contributed by atoms with E-state index < -0.39 is 0 Å². The van der Waals surface area contributed by atoms with Crippen LogP contribution in [-0.2, 0) is 9.53 Å². The molecule has 0 radical (unpaired) electrons. The van der Waals surface area contributed by atoms with Gasteiger partial charge < -0.3 is 9.84 Å². The number of ether oxygens (including phenoxy) is 1. The molecule has 3 nitrogen and oxygen atoms in total. The van der Waals surface area contributed by atoms with Gasteiger partial charge >= 0.3 is 5.97 Å². The van der Waals surface area contributed by atoms with Gasteiger partial charge in [-0.15, -0.1) is 0 Å². The average molecular weight is 553 g/mol. The molecule has 1 N–H and O–H groups in total. The van der Waals surface area contributed by atoms with E-state index >= 15 is 0 Å². The molecule has 0 rings (SSSR count). The van der Waals surface area contributed by atoms with E-state index in [-0.39, 0.29) is 12.1 Å². The summed E-state index contributed by atoms with van der Waals surface area (Å²) in [5.41, 5.74) is 0. The van der Waals surface area contributed by atoms with Gasteiger partial charge in [-0.3, -0.25) is 4.79 Å². The maximum absolute atomic E-state index is 12.5. The van der Waals surface area contributed by atoms with Crippen LogP contribution >= 0.6 is 0 Å². The highest BCUT2D eigenvalue weighted by molar-refractivity contribution is 5.69. The van der Waals surface area contributed by atoms with Gasteiger partial charge in [0.2, 0.25) is 0 Å². The van der Waals surface area contributed by atoms with Gasteiger partial charge in [-0.25, -0.2) is 0 Å². The van der Waals surface area contributed by atoms with Crippen molar-refractivity contribution in [3.05, 3.63) is 0 Å². The van der Waals surface area contributed by atoms with Crippen molar-refractivity contribution in [1.82, 2.24) is 0 Å². The number of carbonyl (C=O) groups excluding carboxylic acids is 1. The summed E-state index contributed by atoms with van der Waals surface area (Å²) in [6.45, 7) is 4.89. The van der Waals surface area contributed by atoms with Gasteiger partial charge in [0, 0.05) is 13.0 Å². The molecule has 0 spiro atoms. The molecule has 234 valence electrons. The molecule has 0 fully saturated rings. The molecule has 0 bridgehead atoms. The van der Waals surface area contributed by atoms with Crippen LogP contribution in [-0.4, -0.2) is 23.8 Å². The summed E-state index contributed by atoms with van der Waals surface area (Å²) in [6, 6.07) is 0. The molecule has 0 aliphatic heterocycles. The fourth-order valence-electron chi connectivity index (χ4n) is 5.67. The maximum atomic E-state index is 12.5. The monoisotopic (exact) mass is 553 g/mol. The topological polar surface area (TPSA) is 46.5 Å². The van der Waals surface area contributed by atoms with Crippen LogP contribution in [0.25, 0.3) is 0 Å². The molecule has 0 saturated heterocycles. The lowest BCUT2D eigenvalue weighted by molar-refractivity contribution is -0.150. The van der Waals surface area contributed by atoms with Gasteiger partial charge in [0.05, 0.1) is 0 Å². The van der Waals surface area contributed by atoms with E-state index in [0.29, 0.717) is 13.0 Å². The highest BCUT2D eigenvalue weighted by Crippen LogP contribution is 2.18. The molecule has 0 aromatic heterocycles. The smallest absolute Gasteiger partial charge is 0.306 e. The van der Waals surface area contributed by atoms with Crippen molar-refractivity contribution in [2.75, 3.05) is 6.61 Å². The highest BCUT2D eigenvalue weighted by atomic mass is 16.5.